The highest BCUT2D eigenvalue weighted by Crippen LogP contribution is 2.49. The Labute approximate surface area is 118 Å². The van der Waals surface area contributed by atoms with Crippen molar-refractivity contribution >= 4 is 0 Å². The number of morpholine rings is 1. The van der Waals surface area contributed by atoms with Crippen molar-refractivity contribution in [2.24, 2.45) is 11.3 Å². The van der Waals surface area contributed by atoms with E-state index in [9.17, 15) is 0 Å². The topological polar surface area (TPSA) is 21.3 Å². The van der Waals surface area contributed by atoms with E-state index in [2.05, 4.69) is 26.1 Å². The van der Waals surface area contributed by atoms with E-state index in [0.717, 1.165) is 13.1 Å². The number of ether oxygens (including phenoxy) is 1. The molecule has 3 aliphatic rings. The van der Waals surface area contributed by atoms with E-state index >= 15 is 0 Å². The summed E-state index contributed by atoms with van der Waals surface area (Å²) in [6, 6.07) is 0. The first-order valence-electron chi connectivity index (χ1n) is 8.36. The minimum absolute atomic E-state index is 0.130. The maximum Gasteiger partial charge on any atom is 0.0840 e. The highest BCUT2D eigenvalue weighted by Gasteiger charge is 2.51. The van der Waals surface area contributed by atoms with Gasteiger partial charge >= 0.3 is 0 Å². The molecule has 0 aromatic carbocycles. The van der Waals surface area contributed by atoms with E-state index in [-0.39, 0.29) is 11.2 Å². The van der Waals surface area contributed by atoms with Crippen LogP contribution in [-0.4, -0.2) is 24.3 Å². The molecule has 2 spiro atoms. The molecule has 2 aliphatic carbocycles. The fourth-order valence-corrected chi connectivity index (χ4v) is 4.81. The van der Waals surface area contributed by atoms with Gasteiger partial charge in [-0.15, -0.1) is 0 Å². The molecule has 110 valence electrons. The van der Waals surface area contributed by atoms with Crippen LogP contribution in [0.4, 0.5) is 0 Å². The molecule has 0 amide bonds. The maximum absolute atomic E-state index is 6.89. The molecule has 1 N–H and O–H groups in total. The molecular weight excluding hydrogens is 234 g/mol. The minimum Gasteiger partial charge on any atom is -0.366 e. The lowest BCUT2D eigenvalue weighted by atomic mass is 9.64. The lowest BCUT2D eigenvalue weighted by Gasteiger charge is -2.56. The molecule has 3 fully saturated rings. The van der Waals surface area contributed by atoms with E-state index in [4.69, 9.17) is 4.74 Å². The second kappa shape index (κ2) is 4.73. The fourth-order valence-electron chi connectivity index (χ4n) is 4.81. The highest BCUT2D eigenvalue weighted by molar-refractivity contribution is 5.03. The van der Waals surface area contributed by atoms with Crippen molar-refractivity contribution in [1.29, 1.82) is 0 Å². The van der Waals surface area contributed by atoms with E-state index in [0.29, 0.717) is 11.3 Å². The number of rotatable bonds is 0. The number of nitrogens with one attached hydrogen (secondary N) is 1. The normalized spacial score (nSPS) is 41.5. The molecule has 1 saturated heterocycles. The van der Waals surface area contributed by atoms with Crippen molar-refractivity contribution in [3.05, 3.63) is 0 Å². The lowest BCUT2D eigenvalue weighted by molar-refractivity contribution is -0.229. The second-order valence-corrected chi connectivity index (χ2v) is 8.28. The Morgan fingerprint density at radius 2 is 1.68 bits per heavy atom. The van der Waals surface area contributed by atoms with E-state index in [1.54, 1.807) is 0 Å². The number of hydrogen-bond donors (Lipinski definition) is 1. The van der Waals surface area contributed by atoms with Gasteiger partial charge in [-0.2, -0.15) is 0 Å². The van der Waals surface area contributed by atoms with Gasteiger partial charge in [0, 0.05) is 13.1 Å². The molecule has 1 heterocycles. The van der Waals surface area contributed by atoms with Crippen molar-refractivity contribution in [3.8, 4) is 0 Å². The summed E-state index contributed by atoms with van der Waals surface area (Å²) in [6.45, 7) is 9.42. The third-order valence-corrected chi connectivity index (χ3v) is 6.04. The molecule has 0 bridgehead atoms. The molecule has 19 heavy (non-hydrogen) atoms. The summed E-state index contributed by atoms with van der Waals surface area (Å²) in [5, 5.41) is 3.74. The molecule has 0 radical (unpaired) electrons. The summed E-state index contributed by atoms with van der Waals surface area (Å²) >= 11 is 0. The predicted molar refractivity (Wildman–Crippen MR) is 79.3 cm³/mol. The fraction of sp³-hybridized carbons (Fsp3) is 1.00. The summed E-state index contributed by atoms with van der Waals surface area (Å²) in [7, 11) is 0. The van der Waals surface area contributed by atoms with Gasteiger partial charge in [-0.1, -0.05) is 40.0 Å². The van der Waals surface area contributed by atoms with Gasteiger partial charge in [0.1, 0.15) is 0 Å². The zero-order valence-electron chi connectivity index (χ0n) is 13.1. The molecule has 2 nitrogen and oxygen atoms in total. The van der Waals surface area contributed by atoms with Crippen LogP contribution in [0.1, 0.15) is 72.1 Å². The van der Waals surface area contributed by atoms with E-state index in [1.165, 1.54) is 51.4 Å². The van der Waals surface area contributed by atoms with Crippen molar-refractivity contribution in [3.63, 3.8) is 0 Å². The van der Waals surface area contributed by atoms with Crippen LogP contribution < -0.4 is 5.32 Å². The van der Waals surface area contributed by atoms with Gasteiger partial charge in [0.05, 0.1) is 11.2 Å². The van der Waals surface area contributed by atoms with Gasteiger partial charge < -0.3 is 10.1 Å². The quantitative estimate of drug-likeness (QED) is 0.717. The molecule has 0 aromatic rings. The standard InChI is InChI=1S/C17H31NO/c1-14-11-15(2,3)9-10-17(14)13-18-12-16(19-17)7-5-4-6-8-16/h14,18H,4-13H2,1-3H3. The van der Waals surface area contributed by atoms with Gasteiger partial charge in [-0.05, 0) is 43.4 Å². The predicted octanol–water partition coefficient (Wildman–Crippen LogP) is 3.89. The Morgan fingerprint density at radius 3 is 2.37 bits per heavy atom. The smallest absolute Gasteiger partial charge is 0.0840 e. The van der Waals surface area contributed by atoms with E-state index in [1.807, 2.05) is 0 Å². The molecule has 3 rings (SSSR count). The molecule has 2 heteroatoms. The van der Waals surface area contributed by atoms with Gasteiger partial charge in [0.25, 0.3) is 0 Å². The molecule has 2 saturated carbocycles. The van der Waals surface area contributed by atoms with Crippen LogP contribution in [0.5, 0.6) is 0 Å². The van der Waals surface area contributed by atoms with Crippen LogP contribution in [0.3, 0.4) is 0 Å². The van der Waals surface area contributed by atoms with Gasteiger partial charge in [0.15, 0.2) is 0 Å². The first-order chi connectivity index (χ1) is 8.96. The van der Waals surface area contributed by atoms with E-state index < -0.39 is 0 Å². The first kappa shape index (κ1) is 13.9. The van der Waals surface area contributed by atoms with Crippen molar-refractivity contribution < 1.29 is 4.74 Å². The maximum atomic E-state index is 6.89. The van der Waals surface area contributed by atoms with Crippen LogP contribution >= 0.6 is 0 Å². The molecule has 2 unspecified atom stereocenters. The zero-order valence-corrected chi connectivity index (χ0v) is 13.1. The Bertz CT molecular complexity index is 327. The van der Waals surface area contributed by atoms with Crippen LogP contribution in [0.25, 0.3) is 0 Å². The SMILES string of the molecule is CC1CC(C)(C)CCC12CNCC1(CCCCC1)O2. The Morgan fingerprint density at radius 1 is 0.947 bits per heavy atom. The van der Waals surface area contributed by atoms with Crippen molar-refractivity contribution in [2.45, 2.75) is 83.3 Å². The average Bonchev–Trinajstić information content (AvgIpc) is 2.36. The van der Waals surface area contributed by atoms with Crippen molar-refractivity contribution in [1.82, 2.24) is 5.32 Å². The molecule has 0 aromatic heterocycles. The molecular formula is C17H31NO. The monoisotopic (exact) mass is 265 g/mol. The highest BCUT2D eigenvalue weighted by atomic mass is 16.5. The van der Waals surface area contributed by atoms with Gasteiger partial charge in [-0.25, -0.2) is 0 Å². The van der Waals surface area contributed by atoms with Crippen LogP contribution in [0.2, 0.25) is 0 Å². The van der Waals surface area contributed by atoms with Crippen LogP contribution in [-0.2, 0) is 4.74 Å². The molecule has 2 atom stereocenters. The minimum atomic E-state index is 0.130. The third kappa shape index (κ3) is 2.58. The largest absolute Gasteiger partial charge is 0.366 e. The number of hydrogen-bond acceptors (Lipinski definition) is 2. The van der Waals surface area contributed by atoms with Gasteiger partial charge in [0.2, 0.25) is 0 Å². The third-order valence-electron chi connectivity index (χ3n) is 6.04. The average molecular weight is 265 g/mol. The second-order valence-electron chi connectivity index (χ2n) is 8.28. The first-order valence-corrected chi connectivity index (χ1v) is 8.36. The Hall–Kier alpha value is -0.0800. The van der Waals surface area contributed by atoms with Crippen LogP contribution in [0, 0.1) is 11.3 Å². The van der Waals surface area contributed by atoms with Crippen LogP contribution in [0.15, 0.2) is 0 Å². The summed E-state index contributed by atoms with van der Waals surface area (Å²) in [6.07, 6.45) is 10.5. The Balaban J connectivity index is 1.77. The summed E-state index contributed by atoms with van der Waals surface area (Å²) in [5.74, 6) is 0.683. The Kier molecular flexibility index (Phi) is 3.46. The van der Waals surface area contributed by atoms with Gasteiger partial charge in [-0.3, -0.25) is 0 Å². The zero-order chi connectivity index (χ0) is 13.6. The summed E-state index contributed by atoms with van der Waals surface area (Å²) in [5.41, 5.74) is 0.808. The molecule has 1 aliphatic heterocycles. The van der Waals surface area contributed by atoms with Crippen molar-refractivity contribution in [2.75, 3.05) is 13.1 Å². The summed E-state index contributed by atoms with van der Waals surface area (Å²) < 4.78 is 6.89. The lowest BCUT2D eigenvalue weighted by Crippen LogP contribution is -2.64. The summed E-state index contributed by atoms with van der Waals surface area (Å²) in [4.78, 5) is 0.